The molecule has 0 saturated carbocycles. The van der Waals surface area contributed by atoms with E-state index in [9.17, 15) is 0 Å². The lowest BCUT2D eigenvalue weighted by atomic mass is 9.99. The molecule has 1 aromatic heterocycles. The van der Waals surface area contributed by atoms with Crippen molar-refractivity contribution in [3.8, 4) is 0 Å². The minimum absolute atomic E-state index is 0.314. The number of hydrogen-bond donors (Lipinski definition) is 1. The summed E-state index contributed by atoms with van der Waals surface area (Å²) < 4.78 is 4.84. The third-order valence-electron chi connectivity index (χ3n) is 3.27. The summed E-state index contributed by atoms with van der Waals surface area (Å²) in [6, 6.07) is 13.1. The number of nitrogens with one attached hydrogen (secondary N) is 1. The first kappa shape index (κ1) is 13.8. The molecule has 19 heavy (non-hydrogen) atoms. The van der Waals surface area contributed by atoms with Gasteiger partial charge in [-0.05, 0) is 26.6 Å². The predicted molar refractivity (Wildman–Crippen MR) is 75.7 cm³/mol. The Morgan fingerprint density at radius 3 is 2.53 bits per heavy atom. The number of aromatic nitrogens is 1. The molecule has 0 aliphatic heterocycles. The summed E-state index contributed by atoms with van der Waals surface area (Å²) >= 11 is 0. The lowest BCUT2D eigenvalue weighted by Crippen LogP contribution is -2.39. The maximum atomic E-state index is 4.84. The van der Waals surface area contributed by atoms with E-state index >= 15 is 0 Å². The van der Waals surface area contributed by atoms with Gasteiger partial charge in [-0.3, -0.25) is 0 Å². The van der Waals surface area contributed by atoms with Gasteiger partial charge in [-0.15, -0.1) is 0 Å². The van der Waals surface area contributed by atoms with Crippen LogP contribution in [0, 0.1) is 0 Å². The van der Waals surface area contributed by atoms with Crippen molar-refractivity contribution in [2.75, 3.05) is 14.1 Å². The van der Waals surface area contributed by atoms with Crippen LogP contribution in [0.1, 0.15) is 24.2 Å². The van der Waals surface area contributed by atoms with Crippen LogP contribution in [0.3, 0.4) is 0 Å². The molecule has 0 fully saturated rings. The molecule has 4 nitrogen and oxygen atoms in total. The number of nitrogens with zero attached hydrogens (tertiary/aromatic N) is 2. The average Bonchev–Trinajstić information content (AvgIpc) is 2.90. The zero-order valence-corrected chi connectivity index (χ0v) is 11.7. The van der Waals surface area contributed by atoms with Gasteiger partial charge in [0.05, 0.1) is 5.69 Å². The molecular formula is C15H21N3O. The summed E-state index contributed by atoms with van der Waals surface area (Å²) in [5.41, 5.74) is 2.24. The van der Waals surface area contributed by atoms with E-state index in [2.05, 4.69) is 60.7 Å². The van der Waals surface area contributed by atoms with Crippen molar-refractivity contribution >= 4 is 0 Å². The fourth-order valence-corrected chi connectivity index (χ4v) is 2.39. The molecule has 4 heteroatoms. The molecule has 0 amide bonds. The molecule has 0 aliphatic rings. The number of benzene rings is 1. The molecule has 1 heterocycles. The first-order chi connectivity index (χ1) is 9.18. The standard InChI is InChI=1S/C15H21N3O/c1-12(16-11-14-9-10-19-17-14)15(18(2)3)13-7-5-4-6-8-13/h4-10,12,15-16H,11H2,1-3H3. The van der Waals surface area contributed by atoms with Crippen molar-refractivity contribution in [3.63, 3.8) is 0 Å². The first-order valence-electron chi connectivity index (χ1n) is 6.52. The van der Waals surface area contributed by atoms with Gasteiger partial charge < -0.3 is 14.7 Å². The van der Waals surface area contributed by atoms with Crippen LogP contribution in [-0.2, 0) is 6.54 Å². The zero-order valence-electron chi connectivity index (χ0n) is 11.7. The number of hydrogen-bond acceptors (Lipinski definition) is 4. The van der Waals surface area contributed by atoms with Gasteiger partial charge in [-0.25, -0.2) is 0 Å². The van der Waals surface area contributed by atoms with Crippen LogP contribution in [0.4, 0.5) is 0 Å². The van der Waals surface area contributed by atoms with E-state index in [0.717, 1.165) is 12.2 Å². The first-order valence-corrected chi connectivity index (χ1v) is 6.52. The van der Waals surface area contributed by atoms with Crippen molar-refractivity contribution in [2.24, 2.45) is 0 Å². The van der Waals surface area contributed by atoms with Gasteiger partial charge in [0.25, 0.3) is 0 Å². The predicted octanol–water partition coefficient (Wildman–Crippen LogP) is 2.46. The van der Waals surface area contributed by atoms with E-state index in [1.807, 2.05) is 12.1 Å². The second kappa shape index (κ2) is 6.50. The molecule has 2 aromatic rings. The topological polar surface area (TPSA) is 41.3 Å². The third-order valence-corrected chi connectivity index (χ3v) is 3.27. The highest BCUT2D eigenvalue weighted by molar-refractivity contribution is 5.20. The summed E-state index contributed by atoms with van der Waals surface area (Å²) in [5.74, 6) is 0. The molecule has 0 saturated heterocycles. The SMILES string of the molecule is CC(NCc1ccon1)C(c1ccccc1)N(C)C. The Morgan fingerprint density at radius 1 is 1.21 bits per heavy atom. The minimum Gasteiger partial charge on any atom is -0.364 e. The molecule has 1 aromatic carbocycles. The van der Waals surface area contributed by atoms with E-state index in [1.165, 1.54) is 5.56 Å². The summed E-state index contributed by atoms with van der Waals surface area (Å²) in [4.78, 5) is 2.23. The van der Waals surface area contributed by atoms with Crippen LogP contribution in [0.15, 0.2) is 47.2 Å². The van der Waals surface area contributed by atoms with Crippen molar-refractivity contribution in [3.05, 3.63) is 53.9 Å². The van der Waals surface area contributed by atoms with Gasteiger partial charge in [0.2, 0.25) is 0 Å². The van der Waals surface area contributed by atoms with Gasteiger partial charge in [-0.1, -0.05) is 35.5 Å². The molecule has 0 bridgehead atoms. The van der Waals surface area contributed by atoms with Crippen molar-refractivity contribution in [1.82, 2.24) is 15.4 Å². The molecule has 0 radical (unpaired) electrons. The molecular weight excluding hydrogens is 238 g/mol. The lowest BCUT2D eigenvalue weighted by molar-refractivity contribution is 0.238. The van der Waals surface area contributed by atoms with E-state index in [-0.39, 0.29) is 0 Å². The normalized spacial score (nSPS) is 14.5. The summed E-state index contributed by atoms with van der Waals surface area (Å²) in [5, 5.41) is 7.41. The Labute approximate surface area is 114 Å². The zero-order chi connectivity index (χ0) is 13.7. The highest BCUT2D eigenvalue weighted by Crippen LogP contribution is 2.21. The van der Waals surface area contributed by atoms with Crippen LogP contribution in [0.25, 0.3) is 0 Å². The van der Waals surface area contributed by atoms with E-state index in [4.69, 9.17) is 4.52 Å². The Kier molecular flexibility index (Phi) is 4.71. The Hall–Kier alpha value is -1.65. The van der Waals surface area contributed by atoms with E-state index < -0.39 is 0 Å². The maximum absolute atomic E-state index is 4.84. The second-order valence-corrected chi connectivity index (χ2v) is 4.98. The smallest absolute Gasteiger partial charge is 0.124 e. The van der Waals surface area contributed by atoms with E-state index in [1.54, 1.807) is 6.26 Å². The van der Waals surface area contributed by atoms with Crippen LogP contribution >= 0.6 is 0 Å². The highest BCUT2D eigenvalue weighted by atomic mass is 16.5. The van der Waals surface area contributed by atoms with Gasteiger partial charge in [0, 0.05) is 24.7 Å². The molecule has 1 N–H and O–H groups in total. The molecule has 102 valence electrons. The van der Waals surface area contributed by atoms with Crippen molar-refractivity contribution < 1.29 is 4.52 Å². The summed E-state index contributed by atoms with van der Waals surface area (Å²) in [6.07, 6.45) is 1.60. The van der Waals surface area contributed by atoms with Crippen LogP contribution < -0.4 is 5.32 Å². The third kappa shape index (κ3) is 3.66. The number of likely N-dealkylation sites (N-methyl/N-ethyl adjacent to an activating group) is 1. The van der Waals surface area contributed by atoms with Gasteiger partial charge in [0.1, 0.15) is 6.26 Å². The fourth-order valence-electron chi connectivity index (χ4n) is 2.39. The maximum Gasteiger partial charge on any atom is 0.124 e. The Bertz CT molecular complexity index is 467. The molecule has 0 aliphatic carbocycles. The average molecular weight is 259 g/mol. The summed E-state index contributed by atoms with van der Waals surface area (Å²) in [6.45, 7) is 2.91. The van der Waals surface area contributed by atoms with Crippen LogP contribution in [0.5, 0.6) is 0 Å². The molecule has 2 atom stereocenters. The van der Waals surface area contributed by atoms with Crippen molar-refractivity contribution in [1.29, 1.82) is 0 Å². The Balaban J connectivity index is 2.03. The molecule has 0 spiro atoms. The van der Waals surface area contributed by atoms with Crippen LogP contribution in [-0.4, -0.2) is 30.2 Å². The van der Waals surface area contributed by atoms with Crippen molar-refractivity contribution in [2.45, 2.75) is 25.6 Å². The molecule has 2 rings (SSSR count). The monoisotopic (exact) mass is 259 g/mol. The van der Waals surface area contributed by atoms with Gasteiger partial charge >= 0.3 is 0 Å². The van der Waals surface area contributed by atoms with Crippen LogP contribution in [0.2, 0.25) is 0 Å². The lowest BCUT2D eigenvalue weighted by Gasteiger charge is -2.31. The van der Waals surface area contributed by atoms with Gasteiger partial charge in [0.15, 0.2) is 0 Å². The summed E-state index contributed by atoms with van der Waals surface area (Å²) in [7, 11) is 4.21. The van der Waals surface area contributed by atoms with E-state index in [0.29, 0.717) is 12.1 Å². The quantitative estimate of drug-likeness (QED) is 0.865. The minimum atomic E-state index is 0.314. The fraction of sp³-hybridized carbons (Fsp3) is 0.400. The Morgan fingerprint density at radius 2 is 1.95 bits per heavy atom. The highest BCUT2D eigenvalue weighted by Gasteiger charge is 2.20. The largest absolute Gasteiger partial charge is 0.364 e. The number of rotatable bonds is 6. The molecule has 2 unspecified atom stereocenters. The second-order valence-electron chi connectivity index (χ2n) is 4.98. The van der Waals surface area contributed by atoms with Gasteiger partial charge in [-0.2, -0.15) is 0 Å².